The van der Waals surface area contributed by atoms with Crippen molar-refractivity contribution in [1.82, 2.24) is 14.9 Å². The van der Waals surface area contributed by atoms with Crippen molar-refractivity contribution in [1.29, 1.82) is 5.26 Å². The fourth-order valence-corrected chi connectivity index (χ4v) is 7.00. The van der Waals surface area contributed by atoms with E-state index in [2.05, 4.69) is 52.1 Å². The van der Waals surface area contributed by atoms with Gasteiger partial charge in [-0.1, -0.05) is 18.2 Å². The topological polar surface area (TPSA) is 87.0 Å². The van der Waals surface area contributed by atoms with Crippen LogP contribution in [-0.4, -0.2) is 73.6 Å². The molecule has 0 N–H and O–H groups in total. The maximum atomic E-state index is 9.38. The molecule has 4 aliphatic heterocycles. The van der Waals surface area contributed by atoms with Crippen LogP contribution >= 0.6 is 0 Å². The van der Waals surface area contributed by atoms with E-state index in [1.54, 1.807) is 0 Å². The molecule has 0 aliphatic carbocycles. The number of ether oxygens (including phenoxy) is 3. The molecule has 42 heavy (non-hydrogen) atoms. The van der Waals surface area contributed by atoms with Gasteiger partial charge in [0.25, 0.3) is 0 Å². The zero-order valence-electron chi connectivity index (χ0n) is 25.2. The van der Waals surface area contributed by atoms with Crippen LogP contribution in [0.2, 0.25) is 0 Å². The van der Waals surface area contributed by atoms with E-state index in [-0.39, 0.29) is 6.29 Å². The van der Waals surface area contributed by atoms with Gasteiger partial charge < -0.3 is 28.9 Å². The number of fused-ring (bicyclic) bond motifs is 1. The molecule has 226 valence electrons. The molecule has 3 atom stereocenters. The van der Waals surface area contributed by atoms with E-state index < -0.39 is 0 Å². The van der Waals surface area contributed by atoms with Crippen LogP contribution in [0, 0.1) is 17.2 Å². The molecule has 3 saturated heterocycles. The molecule has 4 aliphatic rings. The van der Waals surface area contributed by atoms with Crippen molar-refractivity contribution in [3.8, 4) is 12.1 Å². The number of benzene rings is 1. The Balaban J connectivity index is 1.26. The largest absolute Gasteiger partial charge is 0.462 e. The third kappa shape index (κ3) is 6.99. The number of anilines is 2. The van der Waals surface area contributed by atoms with E-state index in [9.17, 15) is 5.26 Å². The summed E-state index contributed by atoms with van der Waals surface area (Å²) in [6, 6.07) is 11.9. The lowest BCUT2D eigenvalue weighted by molar-refractivity contribution is -0.168. The first kappa shape index (κ1) is 29.2. The zero-order valence-corrected chi connectivity index (χ0v) is 25.2. The highest BCUT2D eigenvalue weighted by molar-refractivity contribution is 5.57. The first-order valence-electron chi connectivity index (χ1n) is 16.1. The average Bonchev–Trinajstić information content (AvgIpc) is 3.31. The summed E-state index contributed by atoms with van der Waals surface area (Å²) in [5, 5.41) is 9.38. The number of nitriles is 1. The van der Waals surface area contributed by atoms with Gasteiger partial charge in [0.1, 0.15) is 12.4 Å². The number of nitrogens with zero attached hydrogens (tertiary/aromatic N) is 6. The smallest absolute Gasteiger partial charge is 0.318 e. The van der Waals surface area contributed by atoms with E-state index in [1.165, 1.54) is 23.2 Å². The minimum Gasteiger partial charge on any atom is -0.462 e. The Kier molecular flexibility index (Phi) is 9.74. The van der Waals surface area contributed by atoms with Crippen LogP contribution in [-0.2, 0) is 29.0 Å². The number of hydrogen-bond donors (Lipinski definition) is 0. The Labute approximate surface area is 250 Å². The van der Waals surface area contributed by atoms with Gasteiger partial charge in [0.15, 0.2) is 6.29 Å². The van der Waals surface area contributed by atoms with Crippen molar-refractivity contribution in [2.75, 3.05) is 56.2 Å². The predicted octanol–water partition coefficient (Wildman–Crippen LogP) is 5.08. The molecule has 9 nitrogen and oxygen atoms in total. The summed E-state index contributed by atoms with van der Waals surface area (Å²) in [5.74, 6) is 1.40. The Morgan fingerprint density at radius 3 is 2.71 bits per heavy atom. The lowest BCUT2D eigenvalue weighted by Gasteiger charge is -2.34. The molecule has 0 bridgehead atoms. The first-order chi connectivity index (χ1) is 20.7. The van der Waals surface area contributed by atoms with Gasteiger partial charge in [-0.2, -0.15) is 15.2 Å². The van der Waals surface area contributed by atoms with Gasteiger partial charge in [0.2, 0.25) is 0 Å². The second kappa shape index (κ2) is 14.0. The monoisotopic (exact) mass is 574 g/mol. The SMILES string of the molecule is CN1CCC[C@H]1COc1nc2c(c(N3CCC[C@@H](CC#N)C3)n1)CCCN(c1ccccc1COC1CCCCO1)C2. The van der Waals surface area contributed by atoms with Crippen LogP contribution in [0.15, 0.2) is 24.3 Å². The Bertz CT molecular complexity index is 1230. The molecule has 0 amide bonds. The molecule has 0 saturated carbocycles. The van der Waals surface area contributed by atoms with E-state index >= 15 is 0 Å². The highest BCUT2D eigenvalue weighted by atomic mass is 16.7. The maximum Gasteiger partial charge on any atom is 0.318 e. The summed E-state index contributed by atoms with van der Waals surface area (Å²) in [6.45, 7) is 6.52. The molecule has 2 aromatic rings. The molecule has 1 unspecified atom stereocenters. The minimum atomic E-state index is -0.111. The van der Waals surface area contributed by atoms with E-state index in [0.29, 0.717) is 44.1 Å². The molecule has 3 fully saturated rings. The van der Waals surface area contributed by atoms with Crippen LogP contribution in [0.3, 0.4) is 0 Å². The van der Waals surface area contributed by atoms with Gasteiger partial charge in [-0.3, -0.25) is 0 Å². The van der Waals surface area contributed by atoms with Gasteiger partial charge in [-0.25, -0.2) is 0 Å². The second-order valence-corrected chi connectivity index (χ2v) is 12.4. The molecule has 1 aromatic carbocycles. The van der Waals surface area contributed by atoms with Crippen LogP contribution in [0.4, 0.5) is 11.5 Å². The lowest BCUT2D eigenvalue weighted by atomic mass is 9.95. The number of piperidine rings is 1. The Morgan fingerprint density at radius 1 is 1.00 bits per heavy atom. The minimum absolute atomic E-state index is 0.111. The zero-order chi connectivity index (χ0) is 28.7. The summed E-state index contributed by atoms with van der Waals surface area (Å²) < 4.78 is 18.4. The standard InChI is InChI=1S/C33H46N6O3/c1-37-17-7-11-27(37)24-42-33-35-29-22-38(30-13-3-2-10-26(30)23-41-31-14-4-5-20-40-31)18-8-12-28(29)32(36-33)39-19-6-9-25(21-39)15-16-34/h2-3,10,13,25,27,31H,4-9,11-12,14-15,17-24H2,1H3/t25-,27-,31?/m0/s1. The third-order valence-electron chi connectivity index (χ3n) is 9.42. The van der Waals surface area contributed by atoms with Crippen molar-refractivity contribution in [2.24, 2.45) is 5.92 Å². The summed E-state index contributed by atoms with van der Waals surface area (Å²) in [5.41, 5.74) is 4.68. The Morgan fingerprint density at radius 2 is 1.88 bits per heavy atom. The predicted molar refractivity (Wildman–Crippen MR) is 163 cm³/mol. The average molecular weight is 575 g/mol. The molecule has 5 heterocycles. The van der Waals surface area contributed by atoms with Crippen LogP contribution in [0.5, 0.6) is 6.01 Å². The molecule has 9 heteroatoms. The Hall–Kier alpha value is -2.93. The third-order valence-corrected chi connectivity index (χ3v) is 9.42. The van der Waals surface area contributed by atoms with Crippen molar-refractivity contribution >= 4 is 11.5 Å². The van der Waals surface area contributed by atoms with E-state index in [1.807, 2.05) is 0 Å². The summed E-state index contributed by atoms with van der Waals surface area (Å²) >= 11 is 0. The van der Waals surface area contributed by atoms with Crippen molar-refractivity contribution in [2.45, 2.75) is 89.7 Å². The van der Waals surface area contributed by atoms with Crippen molar-refractivity contribution in [3.05, 3.63) is 41.1 Å². The second-order valence-electron chi connectivity index (χ2n) is 12.4. The highest BCUT2D eigenvalue weighted by Crippen LogP contribution is 2.34. The number of likely N-dealkylation sites (tertiary alicyclic amines) is 1. The van der Waals surface area contributed by atoms with Crippen LogP contribution in [0.25, 0.3) is 0 Å². The lowest BCUT2D eigenvalue weighted by Crippen LogP contribution is -2.37. The first-order valence-corrected chi connectivity index (χ1v) is 16.1. The molecule has 6 rings (SSSR count). The quantitative estimate of drug-likeness (QED) is 0.407. The number of likely N-dealkylation sites (N-methyl/N-ethyl adjacent to an activating group) is 1. The molecular formula is C33H46N6O3. The van der Waals surface area contributed by atoms with E-state index in [0.717, 1.165) is 95.7 Å². The van der Waals surface area contributed by atoms with Crippen LogP contribution < -0.4 is 14.5 Å². The molecular weight excluding hydrogens is 528 g/mol. The van der Waals surface area contributed by atoms with Crippen molar-refractivity contribution in [3.63, 3.8) is 0 Å². The fourth-order valence-electron chi connectivity index (χ4n) is 7.00. The molecule has 0 spiro atoms. The van der Waals surface area contributed by atoms with Gasteiger partial charge in [0, 0.05) is 55.5 Å². The summed E-state index contributed by atoms with van der Waals surface area (Å²) in [6.07, 6.45) is 10.2. The van der Waals surface area contributed by atoms with Crippen LogP contribution in [0.1, 0.15) is 74.6 Å². The van der Waals surface area contributed by atoms with Crippen molar-refractivity contribution < 1.29 is 14.2 Å². The molecule has 0 radical (unpaired) electrons. The number of hydrogen-bond acceptors (Lipinski definition) is 9. The normalized spacial score (nSPS) is 25.1. The van der Waals surface area contributed by atoms with Gasteiger partial charge in [-0.05, 0) is 83.4 Å². The summed E-state index contributed by atoms with van der Waals surface area (Å²) in [4.78, 5) is 17.4. The number of aromatic nitrogens is 2. The molecule has 1 aromatic heterocycles. The maximum absolute atomic E-state index is 9.38. The van der Waals surface area contributed by atoms with Gasteiger partial charge in [0.05, 0.1) is 24.9 Å². The van der Waals surface area contributed by atoms with Gasteiger partial charge >= 0.3 is 6.01 Å². The van der Waals surface area contributed by atoms with E-state index in [4.69, 9.17) is 24.2 Å². The number of rotatable bonds is 9. The highest BCUT2D eigenvalue weighted by Gasteiger charge is 2.29. The van der Waals surface area contributed by atoms with Gasteiger partial charge in [-0.15, -0.1) is 0 Å². The fraction of sp³-hybridized carbons (Fsp3) is 0.667. The number of para-hydroxylation sites is 1. The summed E-state index contributed by atoms with van der Waals surface area (Å²) in [7, 11) is 2.17.